The van der Waals surface area contributed by atoms with Gasteiger partial charge in [-0.1, -0.05) is 18.2 Å². The summed E-state index contributed by atoms with van der Waals surface area (Å²) in [6, 6.07) is 9.99. The Bertz CT molecular complexity index is 997. The molecule has 0 saturated carbocycles. The summed E-state index contributed by atoms with van der Waals surface area (Å²) in [5.74, 6) is 1.02. The van der Waals surface area contributed by atoms with E-state index in [1.54, 1.807) is 60.8 Å². The second-order valence-electron chi connectivity index (χ2n) is 5.77. The molecule has 0 spiro atoms. The average molecular weight is 410 g/mol. The monoisotopic (exact) mass is 410 g/mol. The van der Waals surface area contributed by atoms with Crippen molar-refractivity contribution in [3.8, 4) is 23.0 Å². The molecule has 0 aliphatic carbocycles. The smallest absolute Gasteiger partial charge is 0.269 e. The van der Waals surface area contributed by atoms with E-state index in [-0.39, 0.29) is 17.5 Å². The zero-order valence-corrected chi connectivity index (χ0v) is 16.6. The quantitative estimate of drug-likeness (QED) is 0.248. The Morgan fingerprint density at radius 3 is 2.10 bits per heavy atom. The van der Waals surface area contributed by atoms with E-state index in [1.807, 2.05) is 6.08 Å². The fourth-order valence-corrected chi connectivity index (χ4v) is 2.23. The van der Waals surface area contributed by atoms with Crippen LogP contribution in [0.3, 0.4) is 0 Å². The molecule has 0 aliphatic heterocycles. The van der Waals surface area contributed by atoms with Gasteiger partial charge >= 0.3 is 0 Å². The molecule has 6 N–H and O–H groups in total. The van der Waals surface area contributed by atoms with Gasteiger partial charge in [0.1, 0.15) is 0 Å². The largest absolute Gasteiger partial charge is 0.504 e. The van der Waals surface area contributed by atoms with Crippen LogP contribution in [0.25, 0.3) is 12.2 Å². The highest BCUT2D eigenvalue weighted by Gasteiger charge is 2.00. The van der Waals surface area contributed by atoms with Crippen molar-refractivity contribution in [1.29, 1.82) is 0 Å². The van der Waals surface area contributed by atoms with Crippen LogP contribution in [0.1, 0.15) is 11.1 Å². The summed E-state index contributed by atoms with van der Waals surface area (Å²) < 4.78 is 10.1. The van der Waals surface area contributed by atoms with E-state index in [2.05, 4.69) is 20.7 Å². The number of hydrazone groups is 1. The molecule has 0 aliphatic rings. The number of nitrogens with zero attached hydrogens (tertiary/aromatic N) is 2. The number of hydrazine groups is 1. The number of nitrogens with one attached hydrogen (secondary N) is 2. The Labute approximate surface area is 174 Å². The predicted molar refractivity (Wildman–Crippen MR) is 118 cm³/mol. The summed E-state index contributed by atoms with van der Waals surface area (Å²) in [5, 5.41) is 29.5. The van der Waals surface area contributed by atoms with Gasteiger partial charge in [0.15, 0.2) is 29.2 Å². The zero-order chi connectivity index (χ0) is 21.8. The van der Waals surface area contributed by atoms with Gasteiger partial charge in [0.2, 0.25) is 0 Å². The van der Waals surface area contributed by atoms with Crippen molar-refractivity contribution < 1.29 is 24.8 Å². The van der Waals surface area contributed by atoms with Crippen LogP contribution >= 0.6 is 0 Å². The van der Waals surface area contributed by atoms with Gasteiger partial charge < -0.3 is 25.4 Å². The van der Waals surface area contributed by atoms with Crippen LogP contribution < -0.4 is 25.7 Å². The minimum absolute atomic E-state index is 0.0712. The van der Waals surface area contributed by atoms with Crippen molar-refractivity contribution in [2.24, 2.45) is 15.9 Å². The minimum Gasteiger partial charge on any atom is -0.504 e. The molecule has 0 atom stereocenters. The standard InChI is InChI=1S/C21H23N5O4/c1-29-19-13-15(7-9-17(19)27)5-3-11-23-25-21(22)26-24-12-4-6-16-8-10-18(28)20(14-16)30-2/h3-14,27-28H,1-2H3,(H3,22,25,26)/p+1/b5-3+,6-4+,23-11+,24-12+. The maximum absolute atomic E-state index is 9.56. The average Bonchev–Trinajstić information content (AvgIpc) is 2.75. The molecule has 2 aromatic rings. The van der Waals surface area contributed by atoms with Crippen LogP contribution in [-0.2, 0) is 0 Å². The molecule has 0 radical (unpaired) electrons. The Hall–Kier alpha value is -4.27. The molecular weight excluding hydrogens is 386 g/mol. The van der Waals surface area contributed by atoms with Crippen LogP contribution in [0.5, 0.6) is 23.0 Å². The van der Waals surface area contributed by atoms with E-state index < -0.39 is 0 Å². The first-order valence-electron chi connectivity index (χ1n) is 8.82. The molecule has 9 heteroatoms. The first kappa shape index (κ1) is 22.0. The molecule has 0 fully saturated rings. The van der Waals surface area contributed by atoms with Crippen molar-refractivity contribution in [1.82, 2.24) is 5.43 Å². The maximum Gasteiger partial charge on any atom is 0.269 e. The number of methoxy groups -OCH3 is 2. The Balaban J connectivity index is 1.82. The third-order valence-corrected chi connectivity index (χ3v) is 3.68. The number of hydrogen-bond donors (Lipinski definition) is 5. The molecule has 2 rings (SSSR count). The molecule has 2 aromatic carbocycles. The fraction of sp³-hybridized carbons (Fsp3) is 0.0952. The summed E-state index contributed by atoms with van der Waals surface area (Å²) in [4.78, 5) is 0. The molecule has 156 valence electrons. The normalized spacial score (nSPS) is 12.4. The maximum atomic E-state index is 9.56. The number of allylic oxidation sites excluding steroid dienone is 2. The first-order chi connectivity index (χ1) is 14.5. The highest BCUT2D eigenvalue weighted by Crippen LogP contribution is 2.27. The minimum atomic E-state index is 0.0712. The number of nitrogens with two attached hydrogens (primary N) is 1. The first-order valence-corrected chi connectivity index (χ1v) is 8.82. The lowest BCUT2D eigenvalue weighted by molar-refractivity contribution is -0.500. The summed E-state index contributed by atoms with van der Waals surface area (Å²) in [6.45, 7) is 0. The van der Waals surface area contributed by atoms with Crippen molar-refractivity contribution in [2.75, 3.05) is 14.2 Å². The lowest BCUT2D eigenvalue weighted by Gasteiger charge is -2.03. The third kappa shape index (κ3) is 7.04. The summed E-state index contributed by atoms with van der Waals surface area (Å²) in [6.07, 6.45) is 10.1. The molecule has 0 saturated heterocycles. The van der Waals surface area contributed by atoms with Crippen molar-refractivity contribution in [3.63, 3.8) is 0 Å². The zero-order valence-electron chi connectivity index (χ0n) is 16.6. The molecule has 9 nitrogen and oxygen atoms in total. The van der Waals surface area contributed by atoms with E-state index in [0.717, 1.165) is 11.1 Å². The number of rotatable bonds is 8. The van der Waals surface area contributed by atoms with Crippen LogP contribution in [0.2, 0.25) is 0 Å². The van der Waals surface area contributed by atoms with E-state index >= 15 is 0 Å². The fourth-order valence-electron chi connectivity index (χ4n) is 2.23. The highest BCUT2D eigenvalue weighted by molar-refractivity contribution is 5.81. The molecule has 30 heavy (non-hydrogen) atoms. The van der Waals surface area contributed by atoms with Gasteiger partial charge in [-0.25, -0.2) is 0 Å². The number of benzene rings is 2. The predicted octanol–water partition coefficient (Wildman–Crippen LogP) is 0.798. The van der Waals surface area contributed by atoms with Crippen LogP contribution in [0.15, 0.2) is 58.8 Å². The number of phenolic OH excluding ortho intramolecular Hbond substituents is 2. The van der Waals surface area contributed by atoms with Crippen molar-refractivity contribution in [3.05, 3.63) is 59.7 Å². The van der Waals surface area contributed by atoms with E-state index in [1.165, 1.54) is 20.4 Å². The lowest BCUT2D eigenvalue weighted by Crippen LogP contribution is -2.82. The topological polar surface area (TPSA) is 136 Å². The molecule has 0 heterocycles. The van der Waals surface area contributed by atoms with Gasteiger partial charge in [-0.05, 0) is 47.5 Å². The van der Waals surface area contributed by atoms with Crippen LogP contribution in [-0.4, -0.2) is 42.8 Å². The van der Waals surface area contributed by atoms with Gasteiger partial charge in [-0.15, -0.1) is 15.6 Å². The summed E-state index contributed by atoms with van der Waals surface area (Å²) >= 11 is 0. The summed E-state index contributed by atoms with van der Waals surface area (Å²) in [7, 11) is 2.98. The highest BCUT2D eigenvalue weighted by atomic mass is 16.5. The SMILES string of the molecule is COc1cc(/C=C/C=N/N=C(\N)N/[NH+]=C/C=C/c2ccc(O)c(OC)c2)ccc1O. The van der Waals surface area contributed by atoms with Gasteiger partial charge in [-0.3, -0.25) is 0 Å². The molecule has 0 bridgehead atoms. The second kappa shape index (κ2) is 11.5. The molecule has 0 aromatic heterocycles. The van der Waals surface area contributed by atoms with Crippen molar-refractivity contribution >= 4 is 30.5 Å². The van der Waals surface area contributed by atoms with Crippen LogP contribution in [0.4, 0.5) is 0 Å². The molecular formula is C21H24N5O4+. The second-order valence-corrected chi connectivity index (χ2v) is 5.77. The Morgan fingerprint density at radius 1 is 0.967 bits per heavy atom. The van der Waals surface area contributed by atoms with Gasteiger partial charge in [0.05, 0.1) is 14.2 Å². The third-order valence-electron chi connectivity index (χ3n) is 3.68. The van der Waals surface area contributed by atoms with Gasteiger partial charge in [-0.2, -0.15) is 5.10 Å². The van der Waals surface area contributed by atoms with E-state index in [0.29, 0.717) is 11.5 Å². The van der Waals surface area contributed by atoms with E-state index in [9.17, 15) is 10.2 Å². The van der Waals surface area contributed by atoms with Crippen LogP contribution in [0, 0.1) is 0 Å². The van der Waals surface area contributed by atoms with Gasteiger partial charge in [0, 0.05) is 12.3 Å². The number of phenols is 2. The molecule has 0 unspecified atom stereocenters. The number of aromatic hydroxyl groups is 2. The Morgan fingerprint density at radius 2 is 1.53 bits per heavy atom. The van der Waals surface area contributed by atoms with Crippen molar-refractivity contribution in [2.45, 2.75) is 0 Å². The number of hydrogen-bond acceptors (Lipinski definition) is 6. The molecule has 0 amide bonds. The number of guanidine groups is 1. The van der Waals surface area contributed by atoms with E-state index in [4.69, 9.17) is 15.2 Å². The van der Waals surface area contributed by atoms with Gasteiger partial charge in [0.25, 0.3) is 5.96 Å². The Kier molecular flexibility index (Phi) is 8.48. The summed E-state index contributed by atoms with van der Waals surface area (Å²) in [5.41, 5.74) is 10.0. The number of ether oxygens (including phenoxy) is 2. The lowest BCUT2D eigenvalue weighted by atomic mass is 10.2.